The van der Waals surface area contributed by atoms with Crippen molar-refractivity contribution in [3.63, 3.8) is 0 Å². The summed E-state index contributed by atoms with van der Waals surface area (Å²) in [6.07, 6.45) is -1.37. The van der Waals surface area contributed by atoms with Crippen molar-refractivity contribution < 1.29 is 13.7 Å². The van der Waals surface area contributed by atoms with Crippen LogP contribution in [-0.4, -0.2) is 21.3 Å². The van der Waals surface area contributed by atoms with Crippen molar-refractivity contribution in [2.75, 3.05) is 0 Å². The topological polar surface area (TPSA) is 70.2 Å². The molecule has 0 aliphatic carbocycles. The minimum absolute atomic E-state index is 0.202. The predicted molar refractivity (Wildman–Crippen MR) is 85.5 cm³/mol. The number of rotatable bonds is 5. The van der Waals surface area contributed by atoms with Crippen LogP contribution in [0.1, 0.15) is 18.4 Å². The first-order chi connectivity index (χ1) is 11.5. The first-order valence-corrected chi connectivity index (χ1v) is 7.43. The van der Waals surface area contributed by atoms with Crippen LogP contribution in [0.3, 0.4) is 0 Å². The fourth-order valence-corrected chi connectivity index (χ4v) is 2.25. The molecule has 0 spiro atoms. The molecule has 1 aromatic carbocycles. The summed E-state index contributed by atoms with van der Waals surface area (Å²) in [5, 5.41) is 8.13. The Morgan fingerprint density at radius 1 is 1.25 bits per heavy atom. The molecule has 0 bridgehead atoms. The minimum Gasteiger partial charge on any atom is -0.461 e. The maximum atomic E-state index is 12.8. The van der Waals surface area contributed by atoms with Gasteiger partial charge in [0.1, 0.15) is 12.3 Å². The third-order valence-corrected chi connectivity index (χ3v) is 3.30. The molecule has 0 aliphatic heterocycles. The molecule has 0 saturated carbocycles. The molecule has 2 aromatic heterocycles. The molecule has 1 atom stereocenters. The smallest absolute Gasteiger partial charge is 0.267 e. The van der Waals surface area contributed by atoms with Gasteiger partial charge in [0.05, 0.1) is 11.4 Å². The van der Waals surface area contributed by atoms with Crippen LogP contribution in [0, 0.1) is 6.92 Å². The van der Waals surface area contributed by atoms with Crippen molar-refractivity contribution in [2.45, 2.75) is 26.7 Å². The highest BCUT2D eigenvalue weighted by Crippen LogP contribution is 2.21. The normalized spacial score (nSPS) is 12.1. The molecule has 24 heavy (non-hydrogen) atoms. The van der Waals surface area contributed by atoms with Crippen LogP contribution in [0.2, 0.25) is 0 Å². The van der Waals surface area contributed by atoms with E-state index in [0.717, 1.165) is 11.3 Å². The lowest BCUT2D eigenvalue weighted by molar-refractivity contribution is 0.0861. The minimum atomic E-state index is -1.37. The molecule has 3 aromatic rings. The molecule has 0 amide bonds. The predicted octanol–water partition coefficient (Wildman–Crippen LogP) is 2.95. The standard InChI is InChI=1S/C17H16FN3O3/c1-11-9-15(24-20-11)10-21-17(22)8-7-16(19-21)13-3-5-14(6-4-13)23-12(2)18/h3-9,12H,10H2,1-2H3. The van der Waals surface area contributed by atoms with Gasteiger partial charge < -0.3 is 9.26 Å². The number of benzene rings is 1. The molecule has 0 saturated heterocycles. The summed E-state index contributed by atoms with van der Waals surface area (Å²) in [5.41, 5.74) is 1.91. The molecular weight excluding hydrogens is 313 g/mol. The van der Waals surface area contributed by atoms with Gasteiger partial charge in [-0.25, -0.2) is 9.07 Å². The van der Waals surface area contributed by atoms with Crippen LogP contribution in [0.15, 0.2) is 51.8 Å². The molecule has 1 unspecified atom stereocenters. The molecule has 0 fully saturated rings. The fourth-order valence-electron chi connectivity index (χ4n) is 2.25. The molecule has 0 radical (unpaired) electrons. The summed E-state index contributed by atoms with van der Waals surface area (Å²) in [7, 11) is 0. The number of halogens is 1. The number of aromatic nitrogens is 3. The summed E-state index contributed by atoms with van der Waals surface area (Å²) < 4.78 is 24.2. The van der Waals surface area contributed by atoms with Gasteiger partial charge >= 0.3 is 0 Å². The zero-order chi connectivity index (χ0) is 17.1. The van der Waals surface area contributed by atoms with Gasteiger partial charge in [-0.15, -0.1) is 0 Å². The average Bonchev–Trinajstić information content (AvgIpc) is 2.95. The SMILES string of the molecule is Cc1cc(Cn2nc(-c3ccc(OC(C)F)cc3)ccc2=O)on1. The third kappa shape index (κ3) is 3.68. The molecule has 6 nitrogen and oxygen atoms in total. The van der Waals surface area contributed by atoms with Crippen LogP contribution >= 0.6 is 0 Å². The van der Waals surface area contributed by atoms with Crippen LogP contribution in [0.25, 0.3) is 11.3 Å². The number of alkyl halides is 1. The number of hydrogen-bond acceptors (Lipinski definition) is 5. The Hall–Kier alpha value is -2.96. The van der Waals surface area contributed by atoms with Crippen molar-refractivity contribution in [3.8, 4) is 17.0 Å². The van der Waals surface area contributed by atoms with Crippen molar-refractivity contribution in [2.24, 2.45) is 0 Å². The first-order valence-electron chi connectivity index (χ1n) is 7.43. The van der Waals surface area contributed by atoms with Crippen molar-refractivity contribution in [1.82, 2.24) is 14.9 Å². The quantitative estimate of drug-likeness (QED) is 0.720. The Balaban J connectivity index is 1.86. The van der Waals surface area contributed by atoms with E-state index in [1.807, 2.05) is 6.92 Å². The van der Waals surface area contributed by atoms with Gasteiger partial charge in [0.15, 0.2) is 5.76 Å². The second-order valence-electron chi connectivity index (χ2n) is 5.33. The molecule has 3 rings (SSSR count). The highest BCUT2D eigenvalue weighted by atomic mass is 19.1. The molecule has 7 heteroatoms. The number of aryl methyl sites for hydroxylation is 1. The Bertz CT molecular complexity index is 885. The van der Waals surface area contributed by atoms with Crippen LogP contribution in [-0.2, 0) is 6.54 Å². The van der Waals surface area contributed by atoms with E-state index in [0.29, 0.717) is 17.2 Å². The lowest BCUT2D eigenvalue weighted by atomic mass is 10.1. The van der Waals surface area contributed by atoms with Gasteiger partial charge in [-0.2, -0.15) is 5.10 Å². The third-order valence-electron chi connectivity index (χ3n) is 3.30. The second kappa shape index (κ2) is 6.66. The van der Waals surface area contributed by atoms with Gasteiger partial charge in [-0.3, -0.25) is 4.79 Å². The van der Waals surface area contributed by atoms with Crippen LogP contribution in [0.4, 0.5) is 4.39 Å². The molecule has 124 valence electrons. The van der Waals surface area contributed by atoms with E-state index in [-0.39, 0.29) is 12.1 Å². The van der Waals surface area contributed by atoms with Gasteiger partial charge in [0.2, 0.25) is 6.36 Å². The average molecular weight is 329 g/mol. The Morgan fingerprint density at radius 3 is 2.62 bits per heavy atom. The summed E-state index contributed by atoms with van der Waals surface area (Å²) in [6, 6.07) is 11.7. The van der Waals surface area contributed by atoms with E-state index in [1.165, 1.54) is 17.7 Å². The lowest BCUT2D eigenvalue weighted by Crippen LogP contribution is -2.22. The van der Waals surface area contributed by atoms with E-state index < -0.39 is 6.36 Å². The first kappa shape index (κ1) is 15.9. The van der Waals surface area contributed by atoms with Crippen molar-refractivity contribution in [3.05, 3.63) is 64.3 Å². The number of hydrogen-bond donors (Lipinski definition) is 0. The van der Waals surface area contributed by atoms with E-state index in [9.17, 15) is 9.18 Å². The molecule has 0 aliphatic rings. The summed E-state index contributed by atoms with van der Waals surface area (Å²) in [6.45, 7) is 3.33. The van der Waals surface area contributed by atoms with E-state index >= 15 is 0 Å². The van der Waals surface area contributed by atoms with Gasteiger partial charge in [-0.05, 0) is 37.3 Å². The summed E-state index contributed by atoms with van der Waals surface area (Å²) >= 11 is 0. The fraction of sp³-hybridized carbons (Fsp3) is 0.235. The molecular formula is C17H16FN3O3. The number of ether oxygens (including phenoxy) is 1. The summed E-state index contributed by atoms with van der Waals surface area (Å²) in [4.78, 5) is 12.0. The zero-order valence-electron chi connectivity index (χ0n) is 13.3. The largest absolute Gasteiger partial charge is 0.461 e. The Kier molecular flexibility index (Phi) is 4.41. The van der Waals surface area contributed by atoms with E-state index in [4.69, 9.17) is 9.26 Å². The van der Waals surface area contributed by atoms with Gasteiger partial charge in [0, 0.05) is 24.6 Å². The van der Waals surface area contributed by atoms with Crippen LogP contribution < -0.4 is 10.3 Å². The number of nitrogens with zero attached hydrogens (tertiary/aromatic N) is 3. The Labute approximate surface area is 137 Å². The molecule has 0 N–H and O–H groups in total. The summed E-state index contributed by atoms with van der Waals surface area (Å²) in [5.74, 6) is 0.985. The maximum Gasteiger partial charge on any atom is 0.267 e. The van der Waals surface area contributed by atoms with E-state index in [1.54, 1.807) is 36.4 Å². The van der Waals surface area contributed by atoms with Gasteiger partial charge in [0.25, 0.3) is 5.56 Å². The van der Waals surface area contributed by atoms with Crippen molar-refractivity contribution in [1.29, 1.82) is 0 Å². The second-order valence-corrected chi connectivity index (χ2v) is 5.33. The van der Waals surface area contributed by atoms with Crippen molar-refractivity contribution >= 4 is 0 Å². The maximum absolute atomic E-state index is 12.8. The highest BCUT2D eigenvalue weighted by molar-refractivity contribution is 5.59. The highest BCUT2D eigenvalue weighted by Gasteiger charge is 2.08. The zero-order valence-corrected chi connectivity index (χ0v) is 13.3. The van der Waals surface area contributed by atoms with Gasteiger partial charge in [-0.1, -0.05) is 5.16 Å². The Morgan fingerprint density at radius 2 is 2.00 bits per heavy atom. The van der Waals surface area contributed by atoms with Crippen LogP contribution in [0.5, 0.6) is 5.75 Å². The van der Waals surface area contributed by atoms with E-state index in [2.05, 4.69) is 10.3 Å². The lowest BCUT2D eigenvalue weighted by Gasteiger charge is -2.08. The monoisotopic (exact) mass is 329 g/mol. The molecule has 2 heterocycles.